The van der Waals surface area contributed by atoms with Gasteiger partial charge in [-0.05, 0) is 49.7 Å². The lowest BCUT2D eigenvalue weighted by Gasteiger charge is -2.36. The number of aliphatic hydroxyl groups excluding tert-OH is 1. The van der Waals surface area contributed by atoms with Crippen LogP contribution in [0, 0.1) is 0 Å². The van der Waals surface area contributed by atoms with E-state index in [1.807, 2.05) is 24.8 Å². The molecule has 0 spiro atoms. The molecule has 186 valence electrons. The van der Waals surface area contributed by atoms with E-state index in [0.717, 1.165) is 70.1 Å². The topological polar surface area (TPSA) is 67.2 Å². The zero-order valence-corrected chi connectivity index (χ0v) is 21.5. The zero-order valence-electron chi connectivity index (χ0n) is 20.0. The standard InChI is InChI=1S/C21H26ClN3OS.C5H10O2/c22-17-6-7-21-19(16-17)25(18-4-1-2-5-20(18)27-21)9-3-8-23-10-12-24(13-11-23)14-15-26;1-2-3-4-5(6)7/h1-2,4-7,16,26H,3,8-15H2;2-4H2,1H3,(H,6,7). The molecule has 2 heterocycles. The molecule has 0 bridgehead atoms. The number of rotatable bonds is 9. The van der Waals surface area contributed by atoms with Gasteiger partial charge in [-0.1, -0.05) is 48.8 Å². The third-order valence-corrected chi connectivity index (χ3v) is 7.43. The molecule has 0 radical (unpaired) electrons. The van der Waals surface area contributed by atoms with E-state index in [0.29, 0.717) is 6.42 Å². The number of carboxylic acids is 1. The van der Waals surface area contributed by atoms with Crippen molar-refractivity contribution in [2.75, 3.05) is 57.3 Å². The van der Waals surface area contributed by atoms with E-state index in [4.69, 9.17) is 21.8 Å². The number of carboxylic acid groups (broad SMARTS) is 1. The number of carbonyl (C=O) groups is 1. The van der Waals surface area contributed by atoms with Crippen LogP contribution < -0.4 is 4.90 Å². The number of anilines is 2. The SMILES string of the molecule is CCCCC(=O)O.OCCN1CCN(CCCN2c3ccccc3Sc3ccc(Cl)cc32)CC1. The van der Waals surface area contributed by atoms with Gasteiger partial charge < -0.3 is 20.0 Å². The molecule has 2 aliphatic rings. The molecule has 0 aromatic heterocycles. The van der Waals surface area contributed by atoms with Gasteiger partial charge in [0.05, 0.1) is 18.0 Å². The second kappa shape index (κ2) is 14.0. The van der Waals surface area contributed by atoms with Crippen LogP contribution in [0.1, 0.15) is 32.6 Å². The van der Waals surface area contributed by atoms with Crippen molar-refractivity contribution in [1.82, 2.24) is 9.80 Å². The molecule has 0 unspecified atom stereocenters. The van der Waals surface area contributed by atoms with E-state index >= 15 is 0 Å². The largest absolute Gasteiger partial charge is 0.481 e. The molecule has 6 nitrogen and oxygen atoms in total. The van der Waals surface area contributed by atoms with Crippen molar-refractivity contribution in [2.45, 2.75) is 42.4 Å². The maximum atomic E-state index is 9.76. The second-order valence-corrected chi connectivity index (χ2v) is 10.1. The maximum absolute atomic E-state index is 9.76. The van der Waals surface area contributed by atoms with Gasteiger partial charge in [0, 0.05) is 60.5 Å². The summed E-state index contributed by atoms with van der Waals surface area (Å²) >= 11 is 8.12. The van der Waals surface area contributed by atoms with Crippen LogP contribution in [-0.2, 0) is 4.79 Å². The van der Waals surface area contributed by atoms with Crippen molar-refractivity contribution in [3.05, 3.63) is 47.5 Å². The van der Waals surface area contributed by atoms with Gasteiger partial charge in [0.15, 0.2) is 0 Å². The van der Waals surface area contributed by atoms with Gasteiger partial charge in [0.2, 0.25) is 0 Å². The Morgan fingerprint density at radius 3 is 2.26 bits per heavy atom. The molecule has 1 saturated heterocycles. The predicted octanol–water partition coefficient (Wildman–Crippen LogP) is 5.20. The van der Waals surface area contributed by atoms with Crippen LogP contribution in [0.15, 0.2) is 52.3 Å². The quantitative estimate of drug-likeness (QED) is 0.485. The summed E-state index contributed by atoms with van der Waals surface area (Å²) in [5.41, 5.74) is 2.50. The first-order valence-electron chi connectivity index (χ1n) is 12.1. The fraction of sp³-hybridized carbons (Fsp3) is 0.500. The Labute approximate surface area is 212 Å². The van der Waals surface area contributed by atoms with Crippen molar-refractivity contribution in [2.24, 2.45) is 0 Å². The average Bonchev–Trinajstić information content (AvgIpc) is 2.84. The number of nitrogens with zero attached hydrogens (tertiary/aromatic N) is 3. The minimum atomic E-state index is -0.693. The van der Waals surface area contributed by atoms with Gasteiger partial charge >= 0.3 is 5.97 Å². The molecule has 34 heavy (non-hydrogen) atoms. The molecular formula is C26H36ClN3O3S. The number of hydrogen-bond acceptors (Lipinski definition) is 6. The van der Waals surface area contributed by atoms with E-state index in [-0.39, 0.29) is 6.61 Å². The van der Waals surface area contributed by atoms with E-state index in [2.05, 4.69) is 51.1 Å². The number of unbranched alkanes of at least 4 members (excludes halogenated alkanes) is 1. The number of halogens is 1. The Bertz CT molecular complexity index is 922. The smallest absolute Gasteiger partial charge is 0.303 e. The monoisotopic (exact) mass is 505 g/mol. The number of aliphatic carboxylic acids is 1. The minimum Gasteiger partial charge on any atom is -0.481 e. The molecule has 2 aromatic rings. The van der Waals surface area contributed by atoms with E-state index in [1.54, 1.807) is 0 Å². The normalized spacial score (nSPS) is 15.8. The fourth-order valence-electron chi connectivity index (χ4n) is 4.20. The van der Waals surface area contributed by atoms with Gasteiger partial charge in [0.1, 0.15) is 0 Å². The highest BCUT2D eigenvalue weighted by molar-refractivity contribution is 7.99. The van der Waals surface area contributed by atoms with E-state index in [9.17, 15) is 4.79 Å². The number of aliphatic hydroxyl groups is 1. The van der Waals surface area contributed by atoms with Crippen LogP contribution in [0.4, 0.5) is 11.4 Å². The summed E-state index contributed by atoms with van der Waals surface area (Å²) in [5.74, 6) is -0.693. The summed E-state index contributed by atoms with van der Waals surface area (Å²) in [4.78, 5) is 19.6. The van der Waals surface area contributed by atoms with Crippen LogP contribution >= 0.6 is 23.4 Å². The lowest BCUT2D eigenvalue weighted by atomic mass is 10.2. The number of piperazine rings is 1. The molecule has 0 saturated carbocycles. The summed E-state index contributed by atoms with van der Waals surface area (Å²) in [5, 5.41) is 17.9. The first kappa shape index (κ1) is 26.8. The number of para-hydroxylation sites is 1. The number of fused-ring (bicyclic) bond motifs is 2. The first-order chi connectivity index (χ1) is 16.5. The fourth-order valence-corrected chi connectivity index (χ4v) is 5.44. The van der Waals surface area contributed by atoms with E-state index in [1.165, 1.54) is 21.2 Å². The Kier molecular flexibility index (Phi) is 11.0. The Hall–Kier alpha value is -1.77. The van der Waals surface area contributed by atoms with Gasteiger partial charge in [-0.2, -0.15) is 0 Å². The van der Waals surface area contributed by atoms with Crippen LogP contribution in [0.2, 0.25) is 5.02 Å². The molecule has 0 aliphatic carbocycles. The van der Waals surface area contributed by atoms with Crippen molar-refractivity contribution >= 4 is 40.7 Å². The molecule has 0 amide bonds. The van der Waals surface area contributed by atoms with Crippen LogP contribution in [0.5, 0.6) is 0 Å². The van der Waals surface area contributed by atoms with Gasteiger partial charge in [-0.15, -0.1) is 0 Å². The highest BCUT2D eigenvalue weighted by atomic mass is 35.5. The first-order valence-corrected chi connectivity index (χ1v) is 13.3. The van der Waals surface area contributed by atoms with Gasteiger partial charge in [-0.25, -0.2) is 0 Å². The Morgan fingerprint density at radius 1 is 0.941 bits per heavy atom. The highest BCUT2D eigenvalue weighted by Gasteiger charge is 2.23. The van der Waals surface area contributed by atoms with Crippen molar-refractivity contribution in [1.29, 1.82) is 0 Å². The molecule has 0 atom stereocenters. The van der Waals surface area contributed by atoms with Crippen molar-refractivity contribution in [3.63, 3.8) is 0 Å². The van der Waals surface area contributed by atoms with Crippen molar-refractivity contribution < 1.29 is 15.0 Å². The Balaban J connectivity index is 0.000000406. The Morgan fingerprint density at radius 2 is 1.62 bits per heavy atom. The summed E-state index contributed by atoms with van der Waals surface area (Å²) in [7, 11) is 0. The highest BCUT2D eigenvalue weighted by Crippen LogP contribution is 2.48. The van der Waals surface area contributed by atoms with Crippen LogP contribution in [0.3, 0.4) is 0 Å². The molecular weight excluding hydrogens is 470 g/mol. The summed E-state index contributed by atoms with van der Waals surface area (Å²) < 4.78 is 0. The van der Waals surface area contributed by atoms with Crippen LogP contribution in [0.25, 0.3) is 0 Å². The molecule has 2 aromatic carbocycles. The number of benzene rings is 2. The second-order valence-electron chi connectivity index (χ2n) is 8.59. The summed E-state index contributed by atoms with van der Waals surface area (Å²) in [6.07, 6.45) is 3.20. The minimum absolute atomic E-state index is 0.258. The zero-order chi connectivity index (χ0) is 24.3. The predicted molar refractivity (Wildman–Crippen MR) is 141 cm³/mol. The van der Waals surface area contributed by atoms with E-state index < -0.39 is 5.97 Å². The van der Waals surface area contributed by atoms with Gasteiger partial charge in [0.25, 0.3) is 0 Å². The molecule has 4 rings (SSSR count). The summed E-state index contributed by atoms with van der Waals surface area (Å²) in [6, 6.07) is 14.8. The average molecular weight is 506 g/mol. The molecule has 2 aliphatic heterocycles. The number of hydrogen-bond donors (Lipinski definition) is 2. The number of β-amino-alcohol motifs (C(OH)–C–C–N with tert-alkyl or cyclic N) is 1. The lowest BCUT2D eigenvalue weighted by molar-refractivity contribution is -0.137. The maximum Gasteiger partial charge on any atom is 0.303 e. The van der Waals surface area contributed by atoms with Crippen molar-refractivity contribution in [3.8, 4) is 0 Å². The third kappa shape index (κ3) is 7.89. The third-order valence-electron chi connectivity index (χ3n) is 6.07. The lowest BCUT2D eigenvalue weighted by Crippen LogP contribution is -2.47. The van der Waals surface area contributed by atoms with Gasteiger partial charge in [-0.3, -0.25) is 9.69 Å². The molecule has 8 heteroatoms. The molecule has 2 N–H and O–H groups in total. The molecule has 1 fully saturated rings. The summed E-state index contributed by atoms with van der Waals surface area (Å²) in [6.45, 7) is 9.43. The van der Waals surface area contributed by atoms with Crippen LogP contribution in [-0.4, -0.2) is 78.4 Å².